The second-order valence-electron chi connectivity index (χ2n) is 6.21. The number of nitrogens with zero attached hydrogens (tertiary/aromatic N) is 1. The normalized spacial score (nSPS) is 18.9. The molecule has 0 aromatic carbocycles. The molecule has 1 fully saturated rings. The summed E-state index contributed by atoms with van der Waals surface area (Å²) in [5.41, 5.74) is 5.46. The van der Waals surface area contributed by atoms with Gasteiger partial charge in [0.15, 0.2) is 0 Å². The van der Waals surface area contributed by atoms with Gasteiger partial charge in [-0.1, -0.05) is 38.8 Å². The molecule has 0 aromatic rings. The first-order valence-corrected chi connectivity index (χ1v) is 7.21. The lowest BCUT2D eigenvalue weighted by Crippen LogP contribution is -2.34. The van der Waals surface area contributed by atoms with Crippen LogP contribution in [0.3, 0.4) is 0 Å². The summed E-state index contributed by atoms with van der Waals surface area (Å²) in [4.78, 5) is 0. The third-order valence-corrected chi connectivity index (χ3v) is 4.02. The van der Waals surface area contributed by atoms with Crippen molar-refractivity contribution in [1.82, 2.24) is 5.32 Å². The second-order valence-corrected chi connectivity index (χ2v) is 6.21. The molecule has 4 heteroatoms. The van der Waals surface area contributed by atoms with Crippen molar-refractivity contribution in [3.05, 3.63) is 0 Å². The Morgan fingerprint density at radius 2 is 2.17 bits per heavy atom. The molecular weight excluding hydrogens is 226 g/mol. The summed E-state index contributed by atoms with van der Waals surface area (Å²) >= 11 is 0. The quantitative estimate of drug-likeness (QED) is 0.195. The van der Waals surface area contributed by atoms with E-state index in [2.05, 4.69) is 17.4 Å². The Bertz CT molecular complexity index is 272. The fraction of sp³-hybridized carbons (Fsp3) is 0.929. The van der Waals surface area contributed by atoms with E-state index in [4.69, 9.17) is 10.9 Å². The molecule has 0 aromatic heterocycles. The van der Waals surface area contributed by atoms with Gasteiger partial charge in [-0.3, -0.25) is 0 Å². The van der Waals surface area contributed by atoms with E-state index in [1.807, 2.05) is 13.8 Å². The van der Waals surface area contributed by atoms with Crippen LogP contribution in [-0.2, 0) is 0 Å². The standard InChI is InChI=1S/C14H29N3O/c1-4-12(10-11-6-7-11)16-9-5-8-14(2,3)13(15)17-18/h11-12,16,18H,4-10H2,1-3H3,(H2,15,17). The summed E-state index contributed by atoms with van der Waals surface area (Å²) in [7, 11) is 0. The van der Waals surface area contributed by atoms with Gasteiger partial charge < -0.3 is 16.3 Å². The number of hydrogen-bond acceptors (Lipinski definition) is 3. The minimum absolute atomic E-state index is 0.214. The molecule has 0 saturated heterocycles. The van der Waals surface area contributed by atoms with Crippen LogP contribution in [0.4, 0.5) is 0 Å². The maximum atomic E-state index is 8.71. The van der Waals surface area contributed by atoms with Crippen molar-refractivity contribution in [2.75, 3.05) is 6.54 Å². The molecule has 106 valence electrons. The highest BCUT2D eigenvalue weighted by molar-refractivity contribution is 5.85. The molecule has 0 spiro atoms. The van der Waals surface area contributed by atoms with Crippen LogP contribution in [0, 0.1) is 11.3 Å². The average molecular weight is 255 g/mol. The smallest absolute Gasteiger partial charge is 0.144 e. The van der Waals surface area contributed by atoms with Crippen molar-refractivity contribution in [1.29, 1.82) is 0 Å². The molecule has 4 N–H and O–H groups in total. The molecule has 1 rings (SSSR count). The molecule has 0 heterocycles. The van der Waals surface area contributed by atoms with Crippen molar-refractivity contribution in [3.63, 3.8) is 0 Å². The van der Waals surface area contributed by atoms with E-state index in [0.29, 0.717) is 11.9 Å². The molecule has 1 saturated carbocycles. The Hall–Kier alpha value is -0.770. The molecule has 4 nitrogen and oxygen atoms in total. The maximum Gasteiger partial charge on any atom is 0.144 e. The number of nitrogens with two attached hydrogens (primary N) is 1. The molecule has 1 aliphatic carbocycles. The number of nitrogens with one attached hydrogen (secondary N) is 1. The molecule has 1 aliphatic rings. The predicted molar refractivity (Wildman–Crippen MR) is 75.8 cm³/mol. The third kappa shape index (κ3) is 5.25. The molecule has 18 heavy (non-hydrogen) atoms. The van der Waals surface area contributed by atoms with Gasteiger partial charge in [-0.15, -0.1) is 0 Å². The highest BCUT2D eigenvalue weighted by Gasteiger charge is 2.25. The highest BCUT2D eigenvalue weighted by atomic mass is 16.4. The van der Waals surface area contributed by atoms with Gasteiger partial charge >= 0.3 is 0 Å². The number of hydrogen-bond donors (Lipinski definition) is 3. The van der Waals surface area contributed by atoms with Crippen LogP contribution in [0.1, 0.15) is 59.3 Å². The zero-order valence-corrected chi connectivity index (χ0v) is 12.1. The molecule has 0 aliphatic heterocycles. The van der Waals surface area contributed by atoms with Gasteiger partial charge in [0, 0.05) is 11.5 Å². The maximum absolute atomic E-state index is 8.71. The van der Waals surface area contributed by atoms with Crippen LogP contribution < -0.4 is 11.1 Å². The fourth-order valence-corrected chi connectivity index (χ4v) is 2.25. The van der Waals surface area contributed by atoms with Crippen molar-refractivity contribution in [3.8, 4) is 0 Å². The Balaban J connectivity index is 2.16. The van der Waals surface area contributed by atoms with Gasteiger partial charge in [0.05, 0.1) is 0 Å². The predicted octanol–water partition coefficient (Wildman–Crippen LogP) is 2.71. The average Bonchev–Trinajstić information content (AvgIpc) is 3.15. The first-order chi connectivity index (χ1) is 8.49. The van der Waals surface area contributed by atoms with Gasteiger partial charge in [-0.05, 0) is 38.1 Å². The van der Waals surface area contributed by atoms with E-state index in [9.17, 15) is 0 Å². The minimum atomic E-state index is -0.214. The van der Waals surface area contributed by atoms with Crippen molar-refractivity contribution < 1.29 is 5.21 Å². The van der Waals surface area contributed by atoms with Gasteiger partial charge in [0.25, 0.3) is 0 Å². The molecule has 1 atom stereocenters. The summed E-state index contributed by atoms with van der Waals surface area (Å²) in [6.45, 7) is 7.31. The lowest BCUT2D eigenvalue weighted by atomic mass is 9.86. The van der Waals surface area contributed by atoms with Gasteiger partial charge in [0.1, 0.15) is 5.84 Å². The summed E-state index contributed by atoms with van der Waals surface area (Å²) in [6.07, 6.45) is 7.39. The van der Waals surface area contributed by atoms with E-state index in [0.717, 1.165) is 25.3 Å². The zero-order chi connectivity index (χ0) is 13.6. The van der Waals surface area contributed by atoms with E-state index in [-0.39, 0.29) is 5.41 Å². The minimum Gasteiger partial charge on any atom is -0.409 e. The summed E-state index contributed by atoms with van der Waals surface area (Å²) < 4.78 is 0. The van der Waals surface area contributed by atoms with Crippen LogP contribution >= 0.6 is 0 Å². The van der Waals surface area contributed by atoms with Crippen molar-refractivity contribution in [2.45, 2.75) is 65.3 Å². The van der Waals surface area contributed by atoms with Crippen LogP contribution in [0.5, 0.6) is 0 Å². The van der Waals surface area contributed by atoms with Gasteiger partial charge in [-0.25, -0.2) is 0 Å². The highest BCUT2D eigenvalue weighted by Crippen LogP contribution is 2.34. The van der Waals surface area contributed by atoms with Crippen LogP contribution in [-0.4, -0.2) is 23.6 Å². The third-order valence-electron chi connectivity index (χ3n) is 4.02. The Labute approximate surface area is 111 Å². The Kier molecular flexibility index (Phi) is 5.93. The second kappa shape index (κ2) is 6.98. The molecule has 0 bridgehead atoms. The van der Waals surface area contributed by atoms with Crippen LogP contribution in [0.2, 0.25) is 0 Å². The first-order valence-electron chi connectivity index (χ1n) is 7.21. The van der Waals surface area contributed by atoms with Gasteiger partial charge in [-0.2, -0.15) is 0 Å². The Morgan fingerprint density at radius 3 is 2.67 bits per heavy atom. The van der Waals surface area contributed by atoms with E-state index >= 15 is 0 Å². The monoisotopic (exact) mass is 255 g/mol. The largest absolute Gasteiger partial charge is 0.409 e. The summed E-state index contributed by atoms with van der Waals surface area (Å²) in [5, 5.41) is 15.4. The number of amidine groups is 1. The van der Waals surface area contributed by atoms with E-state index < -0.39 is 0 Å². The van der Waals surface area contributed by atoms with Crippen LogP contribution in [0.15, 0.2) is 5.16 Å². The van der Waals surface area contributed by atoms with Gasteiger partial charge in [0.2, 0.25) is 0 Å². The summed E-state index contributed by atoms with van der Waals surface area (Å²) in [6, 6.07) is 0.671. The molecule has 0 amide bonds. The lowest BCUT2D eigenvalue weighted by molar-refractivity contribution is 0.304. The Morgan fingerprint density at radius 1 is 1.50 bits per heavy atom. The lowest BCUT2D eigenvalue weighted by Gasteiger charge is -2.23. The SMILES string of the molecule is CCC(CC1CC1)NCCCC(C)(C)C(N)=NO. The summed E-state index contributed by atoms with van der Waals surface area (Å²) in [5.74, 6) is 1.31. The van der Waals surface area contributed by atoms with Crippen molar-refractivity contribution in [2.24, 2.45) is 22.2 Å². The van der Waals surface area contributed by atoms with E-state index in [1.54, 1.807) is 0 Å². The van der Waals surface area contributed by atoms with Crippen LogP contribution in [0.25, 0.3) is 0 Å². The zero-order valence-electron chi connectivity index (χ0n) is 12.1. The number of rotatable bonds is 9. The van der Waals surface area contributed by atoms with E-state index in [1.165, 1.54) is 25.7 Å². The molecular formula is C14H29N3O. The fourth-order valence-electron chi connectivity index (χ4n) is 2.25. The molecule has 1 unspecified atom stereocenters. The first kappa shape index (κ1) is 15.3. The topological polar surface area (TPSA) is 70.6 Å². The molecule has 0 radical (unpaired) electrons. The number of oxime groups is 1. The van der Waals surface area contributed by atoms with Crippen molar-refractivity contribution >= 4 is 5.84 Å².